The first kappa shape index (κ1) is 85.5. The maximum atomic E-state index is 9.57. The van der Waals surface area contributed by atoms with Crippen LogP contribution in [-0.4, -0.2) is 47.2 Å². The molecule has 1 atom stereocenters. The average Bonchev–Trinajstić information content (AvgIpc) is 1.66. The van der Waals surface area contributed by atoms with E-state index < -0.39 is 31.7 Å². The van der Waals surface area contributed by atoms with Crippen LogP contribution in [0.1, 0.15) is 44.4 Å². The van der Waals surface area contributed by atoms with Crippen molar-refractivity contribution in [3.8, 4) is 11.1 Å². The molecule has 0 aliphatic heterocycles. The second-order valence-electron chi connectivity index (χ2n) is 26.9. The van der Waals surface area contributed by atoms with Gasteiger partial charge in [0.1, 0.15) is 0 Å². The molecule has 3 N–H and O–H groups in total. The number of hydrogen-bond donors (Lipinski definition) is 3. The first-order chi connectivity index (χ1) is 56.8. The van der Waals surface area contributed by atoms with Crippen molar-refractivity contribution in [1.29, 1.82) is 0 Å². The van der Waals surface area contributed by atoms with E-state index in [4.69, 9.17) is 0 Å². The van der Waals surface area contributed by atoms with Crippen LogP contribution in [0.4, 0.5) is 11.8 Å². The maximum Gasteiger partial charge on any atom is 0.227 e. The van der Waals surface area contributed by atoms with Gasteiger partial charge in [0.25, 0.3) is 0 Å². The van der Waals surface area contributed by atoms with E-state index in [-0.39, 0.29) is 39.1 Å². The minimum absolute atomic E-state index is 0. The molecule has 580 valence electrons. The van der Waals surface area contributed by atoms with Gasteiger partial charge in [-0.05, 0) is 157 Å². The molecular weight excluding hydrogens is 1580 g/mol. The molecule has 116 heavy (non-hydrogen) atoms. The van der Waals surface area contributed by atoms with Crippen molar-refractivity contribution in [2.45, 2.75) is 52.7 Å². The van der Waals surface area contributed by atoms with Crippen LogP contribution in [-0.2, 0) is 27.0 Å². The zero-order valence-corrected chi connectivity index (χ0v) is 70.8. The van der Waals surface area contributed by atoms with E-state index in [9.17, 15) is 5.11 Å². The van der Waals surface area contributed by atoms with Gasteiger partial charge in [-0.3, -0.25) is 9.97 Å². The van der Waals surface area contributed by atoms with E-state index in [0.717, 1.165) is 34.3 Å². The molecule has 0 amide bonds. The fraction of sp³-hybridized carbons (Fsp3) is 0.0882. The van der Waals surface area contributed by atoms with Crippen molar-refractivity contribution in [3.05, 3.63) is 455 Å². The van der Waals surface area contributed by atoms with Crippen LogP contribution >= 0.6 is 31.7 Å². The Kier molecular flexibility index (Phi) is 34.6. The molecule has 17 aromatic rings. The van der Waals surface area contributed by atoms with E-state index in [2.05, 4.69) is 438 Å². The molecule has 4 heterocycles. The third-order valence-electron chi connectivity index (χ3n) is 18.4. The van der Waals surface area contributed by atoms with Crippen LogP contribution in [0.15, 0.2) is 444 Å². The van der Waals surface area contributed by atoms with E-state index >= 15 is 0 Å². The van der Waals surface area contributed by atoms with Gasteiger partial charge in [-0.1, -0.05) is 407 Å². The first-order valence-corrected chi connectivity index (χ1v) is 44.2. The molecular formula is C102H96N8OP4Pd. The van der Waals surface area contributed by atoms with E-state index in [1.165, 1.54) is 69.2 Å². The molecule has 0 unspecified atom stereocenters. The number of aromatic nitrogens is 6. The second-order valence-corrected chi connectivity index (χ2v) is 35.8. The second kappa shape index (κ2) is 46.9. The number of imidazole rings is 1. The van der Waals surface area contributed by atoms with Crippen LogP contribution in [0.5, 0.6) is 0 Å². The number of hydrogen-bond acceptors (Lipinski definition) is 8. The minimum atomic E-state index is -0.446. The molecule has 0 saturated carbocycles. The van der Waals surface area contributed by atoms with Gasteiger partial charge in [0.05, 0.1) is 19.0 Å². The van der Waals surface area contributed by atoms with Gasteiger partial charge < -0.3 is 20.3 Å². The number of aryl methyl sites for hydroxylation is 1. The summed E-state index contributed by atoms with van der Waals surface area (Å²) in [6, 6.07) is 146. The summed E-state index contributed by atoms with van der Waals surface area (Å²) in [5.74, 6) is 1.15. The van der Waals surface area contributed by atoms with Crippen molar-refractivity contribution in [1.82, 2.24) is 29.5 Å². The number of nitrogens with one attached hydrogen (secondary N) is 2. The topological polar surface area (TPSA) is 114 Å². The van der Waals surface area contributed by atoms with Gasteiger partial charge in [0, 0.05) is 57.8 Å². The zero-order valence-electron chi connectivity index (χ0n) is 65.7. The van der Waals surface area contributed by atoms with Gasteiger partial charge in [-0.25, -0.2) is 4.98 Å². The van der Waals surface area contributed by atoms with Crippen molar-refractivity contribution >= 4 is 118 Å². The summed E-state index contributed by atoms with van der Waals surface area (Å²) in [5, 5.41) is 33.0. The number of aliphatic hydroxyl groups excluding tert-OH is 1. The minimum Gasteiger partial charge on any atom is -0.394 e. The first-order valence-electron chi connectivity index (χ1n) is 38.8. The number of rotatable bonds is 21. The Morgan fingerprint density at radius 1 is 0.345 bits per heavy atom. The summed E-state index contributed by atoms with van der Waals surface area (Å²) in [7, 11) is -1.78. The van der Waals surface area contributed by atoms with E-state index in [1.54, 1.807) is 18.7 Å². The van der Waals surface area contributed by atoms with Crippen LogP contribution in [0, 0.1) is 6.92 Å². The van der Waals surface area contributed by atoms with Crippen molar-refractivity contribution in [2.75, 3.05) is 17.2 Å². The molecule has 0 spiro atoms. The molecule has 0 bridgehead atoms. The summed E-state index contributed by atoms with van der Waals surface area (Å²) < 4.78 is 2.02. The van der Waals surface area contributed by atoms with Crippen LogP contribution in [0.3, 0.4) is 0 Å². The predicted molar refractivity (Wildman–Crippen MR) is 497 cm³/mol. The average molecular weight is 1680 g/mol. The number of nitrogens with zero attached hydrogens (tertiary/aromatic N) is 6. The fourth-order valence-corrected chi connectivity index (χ4v) is 21.9. The Labute approximate surface area is 703 Å². The Morgan fingerprint density at radius 3 is 0.871 bits per heavy atom. The molecule has 13 aromatic carbocycles. The summed E-state index contributed by atoms with van der Waals surface area (Å²) in [6.45, 7) is 8.84. The molecule has 0 aliphatic carbocycles. The fourth-order valence-electron chi connectivity index (χ4n) is 12.6. The van der Waals surface area contributed by atoms with E-state index in [1.807, 2.05) is 55.1 Å². The number of anilines is 2. The Balaban J connectivity index is 0.000000141. The molecule has 4 aromatic heterocycles. The Morgan fingerprint density at radius 2 is 0.638 bits per heavy atom. The van der Waals surface area contributed by atoms with Crippen LogP contribution in [0.25, 0.3) is 22.3 Å². The Bertz CT molecular complexity index is 4660. The maximum absolute atomic E-state index is 9.57. The SMILES string of the molecule is CC[C@H](CO)Nc1nc(NCc2ccc(-c3cccnc3)cc2)c2ncn(C(C)C)c2n1.Cc1cccnc1.[Pd].c1ccc(P(c2ccccc2)c2ccccc2)cc1.c1ccc(P(c2ccccc2)c2ccccc2)cc1.c1ccc(P(c2ccccc2)c2ccccc2)cc1.c1ccc(P(c2ccccc2)c2ccccc2)cc1. The van der Waals surface area contributed by atoms with Crippen LogP contribution < -0.4 is 74.3 Å². The molecule has 0 saturated heterocycles. The van der Waals surface area contributed by atoms with Gasteiger partial charge in [-0.15, -0.1) is 0 Å². The van der Waals surface area contributed by atoms with Crippen molar-refractivity contribution < 1.29 is 25.5 Å². The molecule has 0 radical (unpaired) electrons. The third-order valence-corrected chi connectivity index (χ3v) is 28.2. The predicted octanol–water partition coefficient (Wildman–Crippen LogP) is 19.4. The van der Waals surface area contributed by atoms with Gasteiger partial charge >= 0.3 is 0 Å². The third kappa shape index (κ3) is 25.3. The van der Waals surface area contributed by atoms with Crippen molar-refractivity contribution in [2.24, 2.45) is 0 Å². The summed E-state index contributed by atoms with van der Waals surface area (Å²) >= 11 is 0. The molecule has 0 fully saturated rings. The quantitative estimate of drug-likeness (QED) is 0.0482. The van der Waals surface area contributed by atoms with Gasteiger partial charge in [-0.2, -0.15) is 9.97 Å². The molecule has 9 nitrogen and oxygen atoms in total. The number of benzene rings is 13. The summed E-state index contributed by atoms with van der Waals surface area (Å²) in [5.41, 5.74) is 6.05. The smallest absolute Gasteiger partial charge is 0.227 e. The van der Waals surface area contributed by atoms with E-state index in [0.29, 0.717) is 18.3 Å². The Hall–Kier alpha value is -11.3. The number of fused-ring (bicyclic) bond motifs is 1. The largest absolute Gasteiger partial charge is 0.394 e. The molecule has 0 aliphatic rings. The molecule has 14 heteroatoms. The zero-order chi connectivity index (χ0) is 79.3. The monoisotopic (exact) mass is 1680 g/mol. The standard InChI is InChI=1S/C24H29N7O.4C18H15P.C6H7N.Pd/c1-4-20(14-32)28-24-29-22(21-23(30-24)31(15-27-21)16(2)3)26-12-17-7-9-18(10-8-17)19-6-5-11-25-13-19;4*1-4-10-16(11-5-1)19(17-12-6-2-7-13-17)18-14-8-3-9-15-18;1-6-3-2-4-7-5-6;/h5-11,13,15-16,20,32H,4,12,14H2,1-3H3,(H2,26,28,29,30);4*1-15H;2-5H,1H3;/t20-;;;;;;/m1....../s1. The normalized spacial score (nSPS) is 10.8. The van der Waals surface area contributed by atoms with Gasteiger partial charge in [0.15, 0.2) is 17.0 Å². The van der Waals surface area contributed by atoms with Crippen molar-refractivity contribution in [3.63, 3.8) is 0 Å². The summed E-state index contributed by atoms with van der Waals surface area (Å²) in [6.07, 6.45) is 9.81. The number of pyridine rings is 2. The number of aliphatic hydroxyl groups is 1. The van der Waals surface area contributed by atoms with Crippen LogP contribution in [0.2, 0.25) is 0 Å². The molecule has 17 rings (SSSR count). The van der Waals surface area contributed by atoms with Gasteiger partial charge in [0.2, 0.25) is 5.95 Å². The summed E-state index contributed by atoms with van der Waals surface area (Å²) in [4.78, 5) is 22.0.